The van der Waals surface area contributed by atoms with Gasteiger partial charge in [0.25, 0.3) is 0 Å². The Hall–Kier alpha value is -2.21. The zero-order chi connectivity index (χ0) is 18.1. The molecule has 0 spiro atoms. The minimum Gasteiger partial charge on any atom is -0.497 e. The number of nitrogens with one attached hydrogen (secondary N) is 1. The van der Waals surface area contributed by atoms with Crippen LogP contribution in [0.4, 0.5) is 5.69 Å². The second kappa shape index (κ2) is 9.93. The van der Waals surface area contributed by atoms with Gasteiger partial charge < -0.3 is 14.2 Å². The van der Waals surface area contributed by atoms with E-state index in [2.05, 4.69) is 33.4 Å². The van der Waals surface area contributed by atoms with Gasteiger partial charge in [0.15, 0.2) is 11.5 Å². The zero-order valence-electron chi connectivity index (χ0n) is 14.7. The van der Waals surface area contributed by atoms with Crippen LogP contribution in [0, 0.1) is 0 Å². The van der Waals surface area contributed by atoms with Crippen LogP contribution in [0.1, 0.15) is 25.8 Å². The highest BCUT2D eigenvalue weighted by Crippen LogP contribution is 2.36. The number of methoxy groups -OCH3 is 1. The number of hydrazone groups is 1. The topological polar surface area (TPSA) is 52.1 Å². The van der Waals surface area contributed by atoms with Crippen molar-refractivity contribution in [2.75, 3.05) is 25.7 Å². The molecule has 134 valence electrons. The maximum Gasteiger partial charge on any atom is 0.175 e. The first-order valence-electron chi connectivity index (χ1n) is 8.20. The summed E-state index contributed by atoms with van der Waals surface area (Å²) >= 11 is 3.55. The number of nitrogens with zero attached hydrogens (tertiary/aromatic N) is 1. The Morgan fingerprint density at radius 1 is 1.12 bits per heavy atom. The molecule has 2 aromatic rings. The van der Waals surface area contributed by atoms with Crippen molar-refractivity contribution in [2.24, 2.45) is 5.10 Å². The highest BCUT2D eigenvalue weighted by atomic mass is 79.9. The summed E-state index contributed by atoms with van der Waals surface area (Å²) in [5.41, 5.74) is 4.77. The molecule has 0 bridgehead atoms. The average molecular weight is 407 g/mol. The van der Waals surface area contributed by atoms with E-state index >= 15 is 0 Å². The molecule has 0 fully saturated rings. The van der Waals surface area contributed by atoms with Crippen LogP contribution in [0.25, 0.3) is 0 Å². The number of hydrogen-bond donors (Lipinski definition) is 1. The van der Waals surface area contributed by atoms with Crippen molar-refractivity contribution in [3.05, 3.63) is 46.4 Å². The normalized spacial score (nSPS) is 10.7. The molecule has 0 heterocycles. The molecule has 5 nitrogen and oxygen atoms in total. The van der Waals surface area contributed by atoms with Crippen molar-refractivity contribution in [2.45, 2.75) is 20.3 Å². The van der Waals surface area contributed by atoms with Crippen LogP contribution in [-0.2, 0) is 0 Å². The van der Waals surface area contributed by atoms with Crippen LogP contribution < -0.4 is 19.6 Å². The van der Waals surface area contributed by atoms with E-state index in [0.717, 1.165) is 33.6 Å². The van der Waals surface area contributed by atoms with Gasteiger partial charge in [-0.3, -0.25) is 5.43 Å². The minimum absolute atomic E-state index is 0.569. The summed E-state index contributed by atoms with van der Waals surface area (Å²) in [6.07, 6.45) is 2.67. The zero-order valence-corrected chi connectivity index (χ0v) is 16.3. The standard InChI is InChI=1S/C19H23BrN2O3/c1-4-10-25-19-17(20)11-14(12-18(19)24-5-2)13-21-22-15-6-8-16(23-3)9-7-15/h6-9,11-13,22H,4-5,10H2,1-3H3/b21-13+. The van der Waals surface area contributed by atoms with Gasteiger partial charge in [-0.05, 0) is 71.2 Å². The molecule has 1 N–H and O–H groups in total. The molecule has 0 saturated heterocycles. The molecule has 0 aliphatic rings. The molecule has 2 rings (SSSR count). The quantitative estimate of drug-likeness (QED) is 0.465. The van der Waals surface area contributed by atoms with Crippen molar-refractivity contribution in [3.8, 4) is 17.2 Å². The van der Waals surface area contributed by atoms with Gasteiger partial charge >= 0.3 is 0 Å². The molecule has 0 aliphatic carbocycles. The van der Waals surface area contributed by atoms with E-state index in [9.17, 15) is 0 Å². The van der Waals surface area contributed by atoms with Crippen LogP contribution in [0.5, 0.6) is 17.2 Å². The summed E-state index contributed by atoms with van der Waals surface area (Å²) in [7, 11) is 1.64. The van der Waals surface area contributed by atoms with Crippen molar-refractivity contribution in [1.82, 2.24) is 0 Å². The number of ether oxygens (including phenoxy) is 3. The van der Waals surface area contributed by atoms with Gasteiger partial charge in [0.2, 0.25) is 0 Å². The molecule has 0 aromatic heterocycles. The Morgan fingerprint density at radius 2 is 1.88 bits per heavy atom. The minimum atomic E-state index is 0.569. The van der Waals surface area contributed by atoms with Crippen LogP contribution in [0.3, 0.4) is 0 Å². The first-order chi connectivity index (χ1) is 12.2. The molecule has 0 atom stereocenters. The summed E-state index contributed by atoms with van der Waals surface area (Å²) in [4.78, 5) is 0. The van der Waals surface area contributed by atoms with E-state index in [1.807, 2.05) is 43.3 Å². The number of anilines is 1. The molecule has 0 aliphatic heterocycles. The molecule has 0 radical (unpaired) electrons. The molecule has 0 amide bonds. The lowest BCUT2D eigenvalue weighted by Gasteiger charge is -2.14. The van der Waals surface area contributed by atoms with E-state index < -0.39 is 0 Å². The number of hydrogen-bond acceptors (Lipinski definition) is 5. The first-order valence-corrected chi connectivity index (χ1v) is 8.99. The lowest BCUT2D eigenvalue weighted by molar-refractivity contribution is 0.275. The molecular weight excluding hydrogens is 384 g/mol. The van der Waals surface area contributed by atoms with Crippen molar-refractivity contribution >= 4 is 27.8 Å². The van der Waals surface area contributed by atoms with Gasteiger partial charge in [0.1, 0.15) is 5.75 Å². The molecule has 6 heteroatoms. The Balaban J connectivity index is 2.12. The third-order valence-electron chi connectivity index (χ3n) is 3.28. The fourth-order valence-corrected chi connectivity index (χ4v) is 2.69. The smallest absolute Gasteiger partial charge is 0.175 e. The Kier molecular flexibility index (Phi) is 7.60. The van der Waals surface area contributed by atoms with E-state index in [0.29, 0.717) is 19.0 Å². The van der Waals surface area contributed by atoms with Crippen LogP contribution in [0.2, 0.25) is 0 Å². The average Bonchev–Trinajstić information content (AvgIpc) is 2.62. The van der Waals surface area contributed by atoms with Gasteiger partial charge in [-0.15, -0.1) is 0 Å². The maximum absolute atomic E-state index is 5.78. The third kappa shape index (κ3) is 5.67. The van der Waals surface area contributed by atoms with E-state index in [-0.39, 0.29) is 0 Å². The lowest BCUT2D eigenvalue weighted by Crippen LogP contribution is -2.02. The maximum atomic E-state index is 5.78. The number of benzene rings is 2. The lowest BCUT2D eigenvalue weighted by atomic mass is 10.2. The highest BCUT2D eigenvalue weighted by molar-refractivity contribution is 9.10. The summed E-state index contributed by atoms with van der Waals surface area (Å²) in [5.74, 6) is 2.24. The highest BCUT2D eigenvalue weighted by Gasteiger charge is 2.11. The van der Waals surface area contributed by atoms with Crippen LogP contribution in [0.15, 0.2) is 46.0 Å². The molecule has 0 saturated carbocycles. The van der Waals surface area contributed by atoms with Crippen molar-refractivity contribution in [3.63, 3.8) is 0 Å². The largest absolute Gasteiger partial charge is 0.497 e. The molecule has 25 heavy (non-hydrogen) atoms. The first kappa shape index (κ1) is 19.1. The van der Waals surface area contributed by atoms with Crippen molar-refractivity contribution < 1.29 is 14.2 Å². The second-order valence-corrected chi connectivity index (χ2v) is 6.06. The number of halogens is 1. The summed E-state index contributed by atoms with van der Waals surface area (Å²) in [5, 5.41) is 4.27. The van der Waals surface area contributed by atoms with Crippen molar-refractivity contribution in [1.29, 1.82) is 0 Å². The molecular formula is C19H23BrN2O3. The summed E-state index contributed by atoms with van der Waals surface area (Å²) in [6.45, 7) is 5.23. The van der Waals surface area contributed by atoms with E-state index in [1.54, 1.807) is 13.3 Å². The summed E-state index contributed by atoms with van der Waals surface area (Å²) < 4.78 is 17.5. The predicted octanol–water partition coefficient (Wildman–Crippen LogP) is 5.09. The summed E-state index contributed by atoms with van der Waals surface area (Å²) in [6, 6.07) is 11.4. The van der Waals surface area contributed by atoms with Gasteiger partial charge in [-0.1, -0.05) is 6.92 Å². The van der Waals surface area contributed by atoms with Crippen LogP contribution in [-0.4, -0.2) is 26.5 Å². The fourth-order valence-electron chi connectivity index (χ4n) is 2.12. The molecule has 0 unspecified atom stereocenters. The van der Waals surface area contributed by atoms with Gasteiger partial charge in [0, 0.05) is 0 Å². The fraction of sp³-hybridized carbons (Fsp3) is 0.316. The number of rotatable bonds is 9. The van der Waals surface area contributed by atoms with Gasteiger partial charge in [-0.25, -0.2) is 0 Å². The Labute approximate surface area is 157 Å². The van der Waals surface area contributed by atoms with E-state index in [4.69, 9.17) is 14.2 Å². The second-order valence-electron chi connectivity index (χ2n) is 5.21. The monoisotopic (exact) mass is 406 g/mol. The van der Waals surface area contributed by atoms with E-state index in [1.165, 1.54) is 0 Å². The third-order valence-corrected chi connectivity index (χ3v) is 3.87. The van der Waals surface area contributed by atoms with Gasteiger partial charge in [-0.2, -0.15) is 5.10 Å². The van der Waals surface area contributed by atoms with Gasteiger partial charge in [0.05, 0.1) is 36.7 Å². The van der Waals surface area contributed by atoms with Crippen LogP contribution >= 0.6 is 15.9 Å². The SMILES string of the molecule is CCCOc1c(Br)cc(/C=N/Nc2ccc(OC)cc2)cc1OCC. The Bertz CT molecular complexity index is 703. The Morgan fingerprint density at radius 3 is 2.52 bits per heavy atom. The predicted molar refractivity (Wildman–Crippen MR) is 105 cm³/mol. The molecule has 2 aromatic carbocycles.